The van der Waals surface area contributed by atoms with E-state index in [9.17, 15) is 18.3 Å². The Morgan fingerprint density at radius 3 is 2.46 bits per heavy atom. The highest BCUT2D eigenvalue weighted by Gasteiger charge is 2.22. The van der Waals surface area contributed by atoms with Crippen LogP contribution in [-0.2, 0) is 10.0 Å². The first-order valence-electron chi connectivity index (χ1n) is 8.95. The molecule has 2 aromatic rings. The Bertz CT molecular complexity index is 996. The molecule has 0 bridgehead atoms. The lowest BCUT2D eigenvalue weighted by Crippen LogP contribution is -2.30. The van der Waals surface area contributed by atoms with E-state index in [0.717, 1.165) is 5.56 Å². The summed E-state index contributed by atoms with van der Waals surface area (Å²) in [5.41, 5.74) is 4.48. The van der Waals surface area contributed by atoms with Gasteiger partial charge >= 0.3 is 0 Å². The Kier molecular flexibility index (Phi) is 6.93. The number of amides is 1. The van der Waals surface area contributed by atoms with Crippen molar-refractivity contribution in [1.29, 1.82) is 0 Å². The zero-order chi connectivity index (χ0) is 20.9. The van der Waals surface area contributed by atoms with Crippen molar-refractivity contribution in [2.45, 2.75) is 32.6 Å². The van der Waals surface area contributed by atoms with Gasteiger partial charge in [-0.2, -0.15) is 9.41 Å². The number of phenolic OH excluding ortho intramolecular Hbond substituents is 1. The summed E-state index contributed by atoms with van der Waals surface area (Å²) in [5.74, 6) is -0.475. The summed E-state index contributed by atoms with van der Waals surface area (Å²) in [4.78, 5) is 12.5. The fraction of sp³-hybridized carbons (Fsp3) is 0.300. The molecule has 2 rings (SSSR count). The lowest BCUT2D eigenvalue weighted by molar-refractivity contribution is 0.0954. The number of benzene rings is 2. The Hall–Kier alpha value is -2.71. The minimum Gasteiger partial charge on any atom is -0.507 e. The average molecular weight is 404 g/mol. The van der Waals surface area contributed by atoms with E-state index in [1.165, 1.54) is 28.6 Å². The largest absolute Gasteiger partial charge is 0.507 e. The summed E-state index contributed by atoms with van der Waals surface area (Å²) in [7, 11) is -3.66. The number of sulfonamides is 1. The molecule has 0 aromatic heterocycles. The monoisotopic (exact) mass is 403 g/mol. The molecular formula is C20H25N3O4S. The molecule has 0 saturated heterocycles. The van der Waals surface area contributed by atoms with Crippen molar-refractivity contribution in [2.75, 3.05) is 13.1 Å². The number of hydrogen-bond donors (Lipinski definition) is 2. The van der Waals surface area contributed by atoms with Gasteiger partial charge in [0, 0.05) is 24.2 Å². The van der Waals surface area contributed by atoms with Crippen molar-refractivity contribution >= 4 is 21.6 Å². The van der Waals surface area contributed by atoms with Crippen LogP contribution in [0.5, 0.6) is 5.75 Å². The predicted molar refractivity (Wildman–Crippen MR) is 109 cm³/mol. The molecule has 2 N–H and O–H groups in total. The van der Waals surface area contributed by atoms with Crippen molar-refractivity contribution in [2.24, 2.45) is 5.10 Å². The van der Waals surface area contributed by atoms with E-state index in [2.05, 4.69) is 10.5 Å². The molecule has 0 unspecified atom stereocenters. The molecule has 0 aliphatic rings. The maximum atomic E-state index is 12.6. The van der Waals surface area contributed by atoms with Crippen LogP contribution in [0.4, 0.5) is 0 Å². The molecule has 1 amide bonds. The quantitative estimate of drug-likeness (QED) is 0.548. The van der Waals surface area contributed by atoms with E-state index in [4.69, 9.17) is 0 Å². The molecule has 2 aromatic carbocycles. The van der Waals surface area contributed by atoms with Crippen LogP contribution in [0, 0.1) is 6.92 Å². The molecule has 0 spiro atoms. The topological polar surface area (TPSA) is 99.1 Å². The molecule has 0 aliphatic carbocycles. The van der Waals surface area contributed by atoms with Gasteiger partial charge in [0.05, 0.1) is 10.6 Å². The second-order valence-corrected chi connectivity index (χ2v) is 8.21. The van der Waals surface area contributed by atoms with Crippen LogP contribution in [-0.4, -0.2) is 42.5 Å². The molecule has 0 atom stereocenters. The predicted octanol–water partition coefficient (Wildman–Crippen LogP) is 2.89. The normalized spacial score (nSPS) is 12.2. The number of carbonyl (C=O) groups is 1. The van der Waals surface area contributed by atoms with Gasteiger partial charge in [0.1, 0.15) is 5.75 Å². The molecule has 0 aliphatic heterocycles. The molecular weight excluding hydrogens is 378 g/mol. The zero-order valence-corrected chi connectivity index (χ0v) is 17.2. The summed E-state index contributed by atoms with van der Waals surface area (Å²) in [6.45, 7) is 7.76. The summed E-state index contributed by atoms with van der Waals surface area (Å²) in [6.07, 6.45) is 0. The van der Waals surface area contributed by atoms with E-state index in [-0.39, 0.29) is 16.2 Å². The van der Waals surface area contributed by atoms with E-state index in [1.807, 2.05) is 6.92 Å². The molecule has 0 saturated carbocycles. The first-order valence-corrected chi connectivity index (χ1v) is 10.4. The molecule has 150 valence electrons. The molecule has 7 nitrogen and oxygen atoms in total. The van der Waals surface area contributed by atoms with Gasteiger partial charge in [-0.3, -0.25) is 4.79 Å². The number of nitrogens with zero attached hydrogens (tertiary/aromatic N) is 2. The van der Waals surface area contributed by atoms with Crippen molar-refractivity contribution in [1.82, 2.24) is 9.73 Å². The summed E-state index contributed by atoms with van der Waals surface area (Å²) < 4.78 is 26.6. The number of hydrogen-bond acceptors (Lipinski definition) is 5. The van der Waals surface area contributed by atoms with Gasteiger partial charge in [-0.25, -0.2) is 13.8 Å². The molecule has 28 heavy (non-hydrogen) atoms. The van der Waals surface area contributed by atoms with Crippen LogP contribution in [0.3, 0.4) is 0 Å². The van der Waals surface area contributed by atoms with Gasteiger partial charge in [-0.1, -0.05) is 31.5 Å². The highest BCUT2D eigenvalue weighted by molar-refractivity contribution is 7.89. The van der Waals surface area contributed by atoms with Crippen molar-refractivity contribution in [3.63, 3.8) is 0 Å². The number of carbonyl (C=O) groups excluding carboxylic acids is 1. The van der Waals surface area contributed by atoms with Crippen LogP contribution in [0.1, 0.15) is 42.3 Å². The molecule has 0 fully saturated rings. The first kappa shape index (κ1) is 21.6. The lowest BCUT2D eigenvalue weighted by Gasteiger charge is -2.18. The van der Waals surface area contributed by atoms with E-state index in [1.54, 1.807) is 39.0 Å². The Labute approximate surface area is 165 Å². The molecule has 0 radical (unpaired) electrons. The Morgan fingerprint density at radius 2 is 1.82 bits per heavy atom. The second-order valence-electron chi connectivity index (χ2n) is 6.28. The van der Waals surface area contributed by atoms with Gasteiger partial charge in [0.25, 0.3) is 5.91 Å². The first-order chi connectivity index (χ1) is 13.2. The van der Waals surface area contributed by atoms with Crippen LogP contribution < -0.4 is 5.43 Å². The van der Waals surface area contributed by atoms with Crippen molar-refractivity contribution in [3.8, 4) is 5.75 Å². The molecule has 8 heteroatoms. The summed E-state index contributed by atoms with van der Waals surface area (Å²) >= 11 is 0. The minimum absolute atomic E-state index is 0.0564. The molecule has 0 heterocycles. The fourth-order valence-electron chi connectivity index (χ4n) is 2.71. The van der Waals surface area contributed by atoms with E-state index < -0.39 is 15.9 Å². The minimum atomic E-state index is -3.66. The Balaban J connectivity index is 2.25. The number of aryl methyl sites for hydroxylation is 1. The van der Waals surface area contributed by atoms with Gasteiger partial charge in [0.2, 0.25) is 10.0 Å². The number of nitrogens with one attached hydrogen (secondary N) is 1. The van der Waals surface area contributed by atoms with Gasteiger partial charge in [-0.15, -0.1) is 0 Å². The average Bonchev–Trinajstić information content (AvgIpc) is 2.68. The van der Waals surface area contributed by atoms with E-state index in [0.29, 0.717) is 24.4 Å². The van der Waals surface area contributed by atoms with Gasteiger partial charge in [-0.05, 0) is 44.2 Å². The van der Waals surface area contributed by atoms with Crippen molar-refractivity contribution in [3.05, 3.63) is 59.2 Å². The third kappa shape index (κ3) is 4.76. The SMILES string of the molecule is CCN(CC)S(=O)(=O)c1cccc(C(=O)N/N=C(\C)c2cc(C)ccc2O)c1. The summed E-state index contributed by atoms with van der Waals surface area (Å²) in [5, 5.41) is 14.0. The van der Waals surface area contributed by atoms with Gasteiger partial charge < -0.3 is 5.11 Å². The highest BCUT2D eigenvalue weighted by atomic mass is 32.2. The number of rotatable bonds is 7. The third-order valence-corrected chi connectivity index (χ3v) is 6.35. The maximum Gasteiger partial charge on any atom is 0.271 e. The Morgan fingerprint density at radius 1 is 1.14 bits per heavy atom. The van der Waals surface area contributed by atoms with E-state index >= 15 is 0 Å². The maximum absolute atomic E-state index is 12.6. The highest BCUT2D eigenvalue weighted by Crippen LogP contribution is 2.19. The van der Waals surface area contributed by atoms with Crippen LogP contribution in [0.15, 0.2) is 52.5 Å². The number of aromatic hydroxyl groups is 1. The fourth-order valence-corrected chi connectivity index (χ4v) is 4.21. The van der Waals surface area contributed by atoms with Crippen LogP contribution in [0.2, 0.25) is 0 Å². The lowest BCUT2D eigenvalue weighted by atomic mass is 10.1. The number of phenols is 1. The van der Waals surface area contributed by atoms with Crippen molar-refractivity contribution < 1.29 is 18.3 Å². The third-order valence-electron chi connectivity index (χ3n) is 4.31. The smallest absolute Gasteiger partial charge is 0.271 e. The zero-order valence-electron chi connectivity index (χ0n) is 16.4. The standard InChI is InChI=1S/C20H25N3O4S/c1-5-23(6-2)28(26,27)17-9-7-8-16(13-17)20(25)22-21-15(4)18-12-14(3)10-11-19(18)24/h7-13,24H,5-6H2,1-4H3,(H,22,25)/b21-15+. The van der Waals surface area contributed by atoms with Crippen LogP contribution >= 0.6 is 0 Å². The second kappa shape index (κ2) is 8.99. The van der Waals surface area contributed by atoms with Crippen LogP contribution in [0.25, 0.3) is 0 Å². The summed E-state index contributed by atoms with van der Waals surface area (Å²) in [6, 6.07) is 10.9. The van der Waals surface area contributed by atoms with Gasteiger partial charge in [0.15, 0.2) is 0 Å². The number of hydrazone groups is 1.